The van der Waals surface area contributed by atoms with Crippen LogP contribution in [0.5, 0.6) is 0 Å². The Balaban J connectivity index is 1.90. The number of benzene rings is 2. The zero-order chi connectivity index (χ0) is 20.5. The molecule has 7 nitrogen and oxygen atoms in total. The zero-order valence-corrected chi connectivity index (χ0v) is 15.7. The first-order chi connectivity index (χ1) is 13.2. The van der Waals surface area contributed by atoms with Gasteiger partial charge >= 0.3 is 0 Å². The van der Waals surface area contributed by atoms with Crippen LogP contribution < -0.4 is 10.0 Å². The minimum Gasteiger partial charge on any atom is -0.361 e. The number of hydrogen-bond acceptors (Lipinski definition) is 5. The van der Waals surface area contributed by atoms with Crippen molar-refractivity contribution in [2.24, 2.45) is 0 Å². The molecule has 0 bridgehead atoms. The largest absolute Gasteiger partial charge is 0.361 e. The van der Waals surface area contributed by atoms with E-state index in [0.717, 1.165) is 18.2 Å². The third-order valence-corrected chi connectivity index (χ3v) is 5.40. The number of nitrogens with one attached hydrogen (secondary N) is 2. The molecule has 28 heavy (non-hydrogen) atoms. The number of rotatable bonds is 5. The smallest absolute Gasteiger partial charge is 0.267 e. The molecule has 0 unspecified atom stereocenters. The summed E-state index contributed by atoms with van der Waals surface area (Å²) in [6.07, 6.45) is 1.23. The Labute approximate surface area is 163 Å². The number of carbonyl (C=O) groups is 1. The Bertz CT molecular complexity index is 1140. The van der Waals surface area contributed by atoms with Crippen molar-refractivity contribution in [2.75, 3.05) is 10.0 Å². The van der Waals surface area contributed by atoms with Gasteiger partial charge in [-0.1, -0.05) is 22.8 Å². The van der Waals surface area contributed by atoms with Gasteiger partial charge in [0, 0.05) is 5.69 Å². The van der Waals surface area contributed by atoms with Gasteiger partial charge in [0.25, 0.3) is 15.9 Å². The lowest BCUT2D eigenvalue weighted by molar-refractivity contribution is 0.102. The highest BCUT2D eigenvalue weighted by molar-refractivity contribution is 7.92. The van der Waals surface area contributed by atoms with Crippen molar-refractivity contribution in [3.63, 3.8) is 0 Å². The van der Waals surface area contributed by atoms with Crippen molar-refractivity contribution in [1.29, 1.82) is 0 Å². The summed E-state index contributed by atoms with van der Waals surface area (Å²) < 4.78 is 59.3. The van der Waals surface area contributed by atoms with Gasteiger partial charge in [0.15, 0.2) is 4.90 Å². The van der Waals surface area contributed by atoms with Crippen LogP contribution in [0.3, 0.4) is 0 Å². The molecule has 0 aliphatic carbocycles. The first-order valence-corrected chi connectivity index (χ1v) is 9.54. The normalized spacial score (nSPS) is 11.3. The molecule has 0 fully saturated rings. The van der Waals surface area contributed by atoms with Gasteiger partial charge in [0.2, 0.25) is 0 Å². The van der Waals surface area contributed by atoms with Crippen LogP contribution in [0.25, 0.3) is 0 Å². The molecule has 0 aliphatic heterocycles. The van der Waals surface area contributed by atoms with Gasteiger partial charge in [0.05, 0.1) is 16.9 Å². The van der Waals surface area contributed by atoms with Crippen LogP contribution in [-0.4, -0.2) is 19.5 Å². The van der Waals surface area contributed by atoms with Crippen molar-refractivity contribution in [1.82, 2.24) is 5.16 Å². The number of aromatic nitrogens is 1. The van der Waals surface area contributed by atoms with Gasteiger partial charge in [-0.25, -0.2) is 17.2 Å². The van der Waals surface area contributed by atoms with E-state index in [9.17, 15) is 22.0 Å². The maximum Gasteiger partial charge on any atom is 0.267 e. The Kier molecular flexibility index (Phi) is 5.34. The molecule has 146 valence electrons. The maximum absolute atomic E-state index is 13.8. The third-order valence-electron chi connectivity index (χ3n) is 3.65. The molecule has 2 N–H and O–H groups in total. The van der Waals surface area contributed by atoms with Crippen LogP contribution in [0.1, 0.15) is 16.1 Å². The van der Waals surface area contributed by atoms with E-state index in [2.05, 4.69) is 10.5 Å². The van der Waals surface area contributed by atoms with Crippen LogP contribution in [-0.2, 0) is 10.0 Å². The fraction of sp³-hybridized carbons (Fsp3) is 0.0588. The molecule has 3 rings (SSSR count). The molecular formula is C17H12ClF2N3O4S. The summed E-state index contributed by atoms with van der Waals surface area (Å²) >= 11 is 5.98. The van der Waals surface area contributed by atoms with E-state index in [0.29, 0.717) is 5.76 Å². The van der Waals surface area contributed by atoms with E-state index in [1.54, 1.807) is 6.92 Å². The summed E-state index contributed by atoms with van der Waals surface area (Å²) in [5.74, 6) is -2.76. The van der Waals surface area contributed by atoms with Gasteiger partial charge < -0.3 is 9.84 Å². The quantitative estimate of drug-likeness (QED) is 0.641. The number of amides is 1. The van der Waals surface area contributed by atoms with E-state index in [-0.39, 0.29) is 22.0 Å². The third kappa shape index (κ3) is 3.97. The average Bonchev–Trinajstić information content (AvgIpc) is 3.03. The highest BCUT2D eigenvalue weighted by atomic mass is 35.5. The van der Waals surface area contributed by atoms with E-state index in [4.69, 9.17) is 16.1 Å². The van der Waals surface area contributed by atoms with Crippen molar-refractivity contribution in [2.45, 2.75) is 11.8 Å². The summed E-state index contributed by atoms with van der Waals surface area (Å²) in [5, 5.41) is 5.97. The summed E-state index contributed by atoms with van der Waals surface area (Å²) in [7, 11) is -4.61. The van der Waals surface area contributed by atoms with Crippen molar-refractivity contribution in [3.05, 3.63) is 70.6 Å². The fourth-order valence-corrected chi connectivity index (χ4v) is 3.76. The molecule has 11 heteroatoms. The summed E-state index contributed by atoms with van der Waals surface area (Å²) in [6, 6.07) is 6.62. The molecule has 0 spiro atoms. The second-order valence-corrected chi connectivity index (χ2v) is 7.63. The lowest BCUT2D eigenvalue weighted by Gasteiger charge is -2.13. The predicted octanol–water partition coefficient (Wildman–Crippen LogP) is 3.97. The van der Waals surface area contributed by atoms with Crippen molar-refractivity contribution in [3.8, 4) is 0 Å². The molecule has 0 atom stereocenters. The van der Waals surface area contributed by atoms with E-state index in [1.807, 2.05) is 4.72 Å². The first-order valence-electron chi connectivity index (χ1n) is 7.68. The summed E-state index contributed by atoms with van der Waals surface area (Å²) in [4.78, 5) is 11.1. The molecule has 0 radical (unpaired) electrons. The highest BCUT2D eigenvalue weighted by Gasteiger charge is 2.25. The van der Waals surface area contributed by atoms with Crippen molar-refractivity contribution < 1.29 is 26.5 Å². The summed E-state index contributed by atoms with van der Waals surface area (Å²) in [6.45, 7) is 1.55. The van der Waals surface area contributed by atoms with Gasteiger partial charge in [0.1, 0.15) is 23.0 Å². The molecule has 1 heterocycles. The number of nitrogens with zero attached hydrogens (tertiary/aromatic N) is 1. The lowest BCUT2D eigenvalue weighted by atomic mass is 10.2. The number of anilines is 2. The number of carbonyl (C=O) groups excluding carboxylic acids is 1. The van der Waals surface area contributed by atoms with Gasteiger partial charge in [-0.2, -0.15) is 0 Å². The minimum atomic E-state index is -4.61. The molecule has 0 saturated carbocycles. The molecule has 0 aliphatic rings. The first kappa shape index (κ1) is 19.8. The van der Waals surface area contributed by atoms with Crippen LogP contribution in [0.2, 0.25) is 5.02 Å². The summed E-state index contributed by atoms with van der Waals surface area (Å²) in [5.41, 5.74) is 0.191. The highest BCUT2D eigenvalue weighted by Crippen LogP contribution is 2.29. The van der Waals surface area contributed by atoms with Crippen LogP contribution in [0.4, 0.5) is 20.2 Å². The second-order valence-electron chi connectivity index (χ2n) is 5.60. The Hall–Kier alpha value is -2.98. The predicted molar refractivity (Wildman–Crippen MR) is 97.8 cm³/mol. The molecule has 2 aromatic carbocycles. The maximum atomic E-state index is 13.8. The van der Waals surface area contributed by atoms with Crippen LogP contribution in [0.15, 0.2) is 52.0 Å². The monoisotopic (exact) mass is 427 g/mol. The molecule has 1 amide bonds. The van der Waals surface area contributed by atoms with E-state index in [1.165, 1.54) is 24.4 Å². The fourth-order valence-electron chi connectivity index (χ4n) is 2.33. The van der Waals surface area contributed by atoms with Gasteiger partial charge in [-0.3, -0.25) is 9.52 Å². The number of aryl methyl sites for hydroxylation is 1. The SMILES string of the molecule is Cc1oncc1C(=O)Nc1ccc(Cl)c(NS(=O)(=O)c2c(F)cccc2F)c1. The standard InChI is InChI=1S/C17H12ClF2N3O4S/c1-9-11(8-21-27-9)17(24)22-10-5-6-12(18)15(7-10)23-28(25,26)16-13(19)3-2-4-14(16)20/h2-8,23H,1H3,(H,22,24). The second kappa shape index (κ2) is 7.56. The van der Waals surface area contributed by atoms with E-state index < -0.39 is 32.5 Å². The van der Waals surface area contributed by atoms with Gasteiger partial charge in [-0.05, 0) is 37.3 Å². The minimum absolute atomic E-state index is 0.0421. The van der Waals surface area contributed by atoms with Crippen LogP contribution in [0, 0.1) is 18.6 Å². The Morgan fingerprint density at radius 1 is 1.18 bits per heavy atom. The Morgan fingerprint density at radius 2 is 1.86 bits per heavy atom. The topological polar surface area (TPSA) is 101 Å². The van der Waals surface area contributed by atoms with Gasteiger partial charge in [-0.15, -0.1) is 0 Å². The van der Waals surface area contributed by atoms with E-state index >= 15 is 0 Å². The molecule has 3 aromatic rings. The van der Waals surface area contributed by atoms with Crippen molar-refractivity contribution >= 4 is 38.9 Å². The van der Waals surface area contributed by atoms with Crippen LogP contribution >= 0.6 is 11.6 Å². The molecule has 1 aromatic heterocycles. The number of sulfonamides is 1. The molecule has 0 saturated heterocycles. The number of hydrogen-bond donors (Lipinski definition) is 2. The molecular weight excluding hydrogens is 416 g/mol. The number of halogens is 3. The lowest BCUT2D eigenvalue weighted by Crippen LogP contribution is -2.17. The average molecular weight is 428 g/mol. The zero-order valence-electron chi connectivity index (χ0n) is 14.2. The Morgan fingerprint density at radius 3 is 2.46 bits per heavy atom.